The number of rotatable bonds is 3. The highest BCUT2D eigenvalue weighted by molar-refractivity contribution is 4.71. The topological polar surface area (TPSA) is 0 Å². The zero-order valence-corrected chi connectivity index (χ0v) is 9.12. The van der Waals surface area contributed by atoms with Crippen molar-refractivity contribution in [3.8, 4) is 0 Å². The molecule has 0 N–H and O–H groups in total. The van der Waals surface area contributed by atoms with E-state index in [1.54, 1.807) is 0 Å². The van der Waals surface area contributed by atoms with E-state index in [-0.39, 0.29) is 0 Å². The van der Waals surface area contributed by atoms with Gasteiger partial charge in [0.1, 0.15) is 0 Å². The molecule has 11 heavy (non-hydrogen) atoms. The molecule has 0 radical (unpaired) electrons. The molecule has 0 bridgehead atoms. The van der Waals surface area contributed by atoms with Crippen molar-refractivity contribution in [1.82, 2.24) is 0 Å². The van der Waals surface area contributed by atoms with E-state index in [9.17, 15) is 0 Å². The fraction of sp³-hybridized carbons (Fsp3) is 1.00. The van der Waals surface area contributed by atoms with Crippen molar-refractivity contribution >= 4 is 0 Å². The Kier molecular flexibility index (Phi) is 3.60. The van der Waals surface area contributed by atoms with E-state index in [1.165, 1.54) is 19.3 Å². The van der Waals surface area contributed by atoms with Crippen LogP contribution in [0.1, 0.15) is 60.8 Å². The standard InChI is InChI=1S/C11H24/c1-7-11(5,6)9-8-10(2,3)4/h7-9H2,1-6H3. The minimum Gasteiger partial charge on any atom is -0.0649 e. The van der Waals surface area contributed by atoms with Gasteiger partial charge in [-0.3, -0.25) is 0 Å². The molecule has 0 spiro atoms. The Hall–Kier alpha value is 0. The molecular weight excluding hydrogens is 132 g/mol. The maximum atomic E-state index is 2.36. The second kappa shape index (κ2) is 3.60. The molecule has 0 heteroatoms. The molecule has 68 valence electrons. The average Bonchev–Trinajstić information content (AvgIpc) is 1.83. The number of hydrogen-bond donors (Lipinski definition) is 0. The predicted octanol–water partition coefficient (Wildman–Crippen LogP) is 4.25. The Bertz CT molecular complexity index is 104. The first-order valence-electron chi connectivity index (χ1n) is 4.77. The van der Waals surface area contributed by atoms with Crippen LogP contribution in [0.4, 0.5) is 0 Å². The monoisotopic (exact) mass is 156 g/mol. The van der Waals surface area contributed by atoms with Gasteiger partial charge in [-0.05, 0) is 23.7 Å². The first kappa shape index (κ1) is 11.0. The third-order valence-corrected chi connectivity index (χ3v) is 2.51. The Morgan fingerprint density at radius 1 is 0.818 bits per heavy atom. The lowest BCUT2D eigenvalue weighted by Crippen LogP contribution is -2.14. The second-order valence-electron chi connectivity index (χ2n) is 5.58. The van der Waals surface area contributed by atoms with Crippen LogP contribution in [0.5, 0.6) is 0 Å². The van der Waals surface area contributed by atoms with Gasteiger partial charge in [0.2, 0.25) is 0 Å². The lowest BCUT2D eigenvalue weighted by molar-refractivity contribution is 0.248. The van der Waals surface area contributed by atoms with Crippen LogP contribution in [0.3, 0.4) is 0 Å². The Labute approximate surface area is 72.4 Å². The molecule has 0 saturated carbocycles. The van der Waals surface area contributed by atoms with Crippen LogP contribution in [0.15, 0.2) is 0 Å². The summed E-state index contributed by atoms with van der Waals surface area (Å²) in [5.74, 6) is 0. The Balaban J connectivity index is 3.70. The third kappa shape index (κ3) is 6.40. The lowest BCUT2D eigenvalue weighted by atomic mass is 9.79. The van der Waals surface area contributed by atoms with Crippen molar-refractivity contribution in [3.63, 3.8) is 0 Å². The maximum Gasteiger partial charge on any atom is -0.0357 e. The molecule has 0 aliphatic rings. The summed E-state index contributed by atoms with van der Waals surface area (Å²) >= 11 is 0. The van der Waals surface area contributed by atoms with Crippen LogP contribution < -0.4 is 0 Å². The molecule has 0 heterocycles. The zero-order valence-electron chi connectivity index (χ0n) is 9.12. The van der Waals surface area contributed by atoms with Gasteiger partial charge in [0.15, 0.2) is 0 Å². The molecule has 0 unspecified atom stereocenters. The van der Waals surface area contributed by atoms with E-state index in [0.29, 0.717) is 10.8 Å². The van der Waals surface area contributed by atoms with Crippen molar-refractivity contribution in [2.45, 2.75) is 60.8 Å². The largest absolute Gasteiger partial charge is 0.0649 e. The van der Waals surface area contributed by atoms with Gasteiger partial charge in [0, 0.05) is 0 Å². The normalized spacial score (nSPS) is 13.6. The minimum absolute atomic E-state index is 0.506. The maximum absolute atomic E-state index is 2.36. The van der Waals surface area contributed by atoms with E-state index in [0.717, 1.165) is 0 Å². The fourth-order valence-electron chi connectivity index (χ4n) is 0.890. The molecule has 0 saturated heterocycles. The molecule has 0 aliphatic heterocycles. The lowest BCUT2D eigenvalue weighted by Gasteiger charge is -2.27. The number of hydrogen-bond acceptors (Lipinski definition) is 0. The van der Waals surface area contributed by atoms with Crippen molar-refractivity contribution < 1.29 is 0 Å². The highest BCUT2D eigenvalue weighted by atomic mass is 14.2. The Morgan fingerprint density at radius 3 is 1.55 bits per heavy atom. The van der Waals surface area contributed by atoms with E-state index >= 15 is 0 Å². The second-order valence-corrected chi connectivity index (χ2v) is 5.58. The minimum atomic E-state index is 0.506. The smallest absolute Gasteiger partial charge is 0.0357 e. The van der Waals surface area contributed by atoms with Gasteiger partial charge in [0.25, 0.3) is 0 Å². The van der Waals surface area contributed by atoms with Crippen molar-refractivity contribution in [2.75, 3.05) is 0 Å². The summed E-state index contributed by atoms with van der Waals surface area (Å²) in [5, 5.41) is 0. The average molecular weight is 156 g/mol. The highest BCUT2D eigenvalue weighted by Crippen LogP contribution is 2.32. The molecule has 0 aliphatic carbocycles. The van der Waals surface area contributed by atoms with Gasteiger partial charge < -0.3 is 0 Å². The van der Waals surface area contributed by atoms with E-state index in [2.05, 4.69) is 41.5 Å². The van der Waals surface area contributed by atoms with Gasteiger partial charge in [-0.1, -0.05) is 48.0 Å². The van der Waals surface area contributed by atoms with Crippen LogP contribution in [-0.2, 0) is 0 Å². The van der Waals surface area contributed by atoms with Crippen LogP contribution in [0.2, 0.25) is 0 Å². The van der Waals surface area contributed by atoms with E-state index < -0.39 is 0 Å². The van der Waals surface area contributed by atoms with Gasteiger partial charge in [-0.25, -0.2) is 0 Å². The molecule has 0 nitrogen and oxygen atoms in total. The highest BCUT2D eigenvalue weighted by Gasteiger charge is 2.19. The fourth-order valence-corrected chi connectivity index (χ4v) is 0.890. The molecule has 0 rings (SSSR count). The molecule has 0 fully saturated rings. The summed E-state index contributed by atoms with van der Waals surface area (Å²) in [6.07, 6.45) is 3.99. The summed E-state index contributed by atoms with van der Waals surface area (Å²) in [7, 11) is 0. The van der Waals surface area contributed by atoms with Crippen LogP contribution in [-0.4, -0.2) is 0 Å². The van der Waals surface area contributed by atoms with Crippen molar-refractivity contribution in [3.05, 3.63) is 0 Å². The third-order valence-electron chi connectivity index (χ3n) is 2.51. The molecule has 0 aromatic rings. The van der Waals surface area contributed by atoms with Crippen LogP contribution in [0, 0.1) is 10.8 Å². The summed E-state index contributed by atoms with van der Waals surface area (Å²) in [6, 6.07) is 0. The van der Waals surface area contributed by atoms with Crippen molar-refractivity contribution in [2.24, 2.45) is 10.8 Å². The van der Waals surface area contributed by atoms with Crippen molar-refractivity contribution in [1.29, 1.82) is 0 Å². The van der Waals surface area contributed by atoms with E-state index in [1.807, 2.05) is 0 Å². The molecule has 0 aromatic carbocycles. The van der Waals surface area contributed by atoms with Gasteiger partial charge in [-0.15, -0.1) is 0 Å². The summed E-state index contributed by atoms with van der Waals surface area (Å²) < 4.78 is 0. The summed E-state index contributed by atoms with van der Waals surface area (Å²) in [4.78, 5) is 0. The summed E-state index contributed by atoms with van der Waals surface area (Å²) in [6.45, 7) is 14.0. The molecule has 0 amide bonds. The quantitative estimate of drug-likeness (QED) is 0.573. The van der Waals surface area contributed by atoms with Gasteiger partial charge >= 0.3 is 0 Å². The first-order chi connectivity index (χ1) is 4.77. The van der Waals surface area contributed by atoms with Gasteiger partial charge in [-0.2, -0.15) is 0 Å². The molecule has 0 atom stereocenters. The SMILES string of the molecule is CCC(C)(C)CCC(C)(C)C. The summed E-state index contributed by atoms with van der Waals surface area (Å²) in [5.41, 5.74) is 1.06. The first-order valence-corrected chi connectivity index (χ1v) is 4.77. The zero-order chi connectivity index (χ0) is 9.12. The van der Waals surface area contributed by atoms with Crippen LogP contribution in [0.25, 0.3) is 0 Å². The van der Waals surface area contributed by atoms with Gasteiger partial charge in [0.05, 0.1) is 0 Å². The Morgan fingerprint density at radius 2 is 1.27 bits per heavy atom. The van der Waals surface area contributed by atoms with Crippen LogP contribution >= 0.6 is 0 Å². The predicted molar refractivity (Wildman–Crippen MR) is 52.8 cm³/mol. The van der Waals surface area contributed by atoms with E-state index in [4.69, 9.17) is 0 Å². The molecular formula is C11H24. The molecule has 0 aromatic heterocycles.